The maximum Gasteiger partial charge on any atom is 0.167 e. The molecule has 0 heterocycles. The predicted octanol–water partition coefficient (Wildman–Crippen LogP) is 1.71. The van der Waals surface area contributed by atoms with Gasteiger partial charge in [-0.25, -0.2) is 4.39 Å². The smallest absolute Gasteiger partial charge is 0.167 e. The lowest BCUT2D eigenvalue weighted by Gasteiger charge is -2.08. The van der Waals surface area contributed by atoms with Gasteiger partial charge in [-0.05, 0) is 0 Å². The van der Waals surface area contributed by atoms with E-state index in [-0.39, 0.29) is 5.92 Å². The Morgan fingerprint density at radius 1 is 1.73 bits per heavy atom. The van der Waals surface area contributed by atoms with Gasteiger partial charge in [-0.15, -0.1) is 0 Å². The molecule has 3 heteroatoms. The molecule has 0 N–H and O–H groups in total. The van der Waals surface area contributed by atoms with E-state index in [0.717, 1.165) is 0 Å². The second-order valence-electron chi connectivity index (χ2n) is 2.45. The number of alkyl halides is 1. The fourth-order valence-corrected chi connectivity index (χ4v) is 0.670. The SMILES string of the molecule is C=C(CC(C)C(=O)CF)OC. The molecule has 0 aliphatic heterocycles. The number of carbonyl (C=O) groups is 1. The number of hydrogen-bond acceptors (Lipinski definition) is 2. The quantitative estimate of drug-likeness (QED) is 0.572. The second-order valence-corrected chi connectivity index (χ2v) is 2.45. The third-order valence-corrected chi connectivity index (χ3v) is 1.50. The number of hydrogen-bond donors (Lipinski definition) is 0. The van der Waals surface area contributed by atoms with Crippen molar-refractivity contribution in [1.82, 2.24) is 0 Å². The van der Waals surface area contributed by atoms with Crippen LogP contribution >= 0.6 is 0 Å². The number of Topliss-reactive ketones (excluding diaryl/α,β-unsaturated/α-hetero) is 1. The van der Waals surface area contributed by atoms with Gasteiger partial charge in [0.2, 0.25) is 0 Å². The van der Waals surface area contributed by atoms with Gasteiger partial charge in [-0.1, -0.05) is 13.5 Å². The van der Waals surface area contributed by atoms with Crippen LogP contribution in [-0.4, -0.2) is 19.6 Å². The van der Waals surface area contributed by atoms with Crippen molar-refractivity contribution in [1.29, 1.82) is 0 Å². The minimum atomic E-state index is -0.905. The molecular weight excluding hydrogens is 147 g/mol. The summed E-state index contributed by atoms with van der Waals surface area (Å²) in [6, 6.07) is 0. The lowest BCUT2D eigenvalue weighted by Crippen LogP contribution is -2.13. The third kappa shape index (κ3) is 3.75. The maximum absolute atomic E-state index is 11.8. The molecule has 64 valence electrons. The summed E-state index contributed by atoms with van der Waals surface area (Å²) in [6.45, 7) is 4.29. The maximum atomic E-state index is 11.8. The average Bonchev–Trinajstić information content (AvgIpc) is 2.02. The van der Waals surface area contributed by atoms with E-state index in [1.165, 1.54) is 7.11 Å². The first-order valence-electron chi connectivity index (χ1n) is 3.42. The lowest BCUT2D eigenvalue weighted by molar-refractivity contribution is -0.123. The van der Waals surface area contributed by atoms with E-state index in [2.05, 4.69) is 6.58 Å². The van der Waals surface area contributed by atoms with Crippen molar-refractivity contribution in [2.45, 2.75) is 13.3 Å². The topological polar surface area (TPSA) is 26.3 Å². The Morgan fingerprint density at radius 2 is 2.27 bits per heavy atom. The largest absolute Gasteiger partial charge is 0.502 e. The fourth-order valence-electron chi connectivity index (χ4n) is 0.670. The van der Waals surface area contributed by atoms with E-state index in [9.17, 15) is 9.18 Å². The molecule has 0 aromatic heterocycles. The van der Waals surface area contributed by atoms with Crippen molar-refractivity contribution in [3.8, 4) is 0 Å². The van der Waals surface area contributed by atoms with Gasteiger partial charge < -0.3 is 4.74 Å². The molecule has 0 radical (unpaired) electrons. The van der Waals surface area contributed by atoms with Crippen LogP contribution in [0.1, 0.15) is 13.3 Å². The molecule has 1 atom stereocenters. The molecule has 0 saturated carbocycles. The highest BCUT2D eigenvalue weighted by Gasteiger charge is 2.13. The van der Waals surface area contributed by atoms with Crippen molar-refractivity contribution in [3.63, 3.8) is 0 Å². The minimum absolute atomic E-state index is 0.326. The van der Waals surface area contributed by atoms with Crippen LogP contribution < -0.4 is 0 Å². The van der Waals surface area contributed by atoms with Crippen LogP contribution in [0.2, 0.25) is 0 Å². The Balaban J connectivity index is 3.77. The molecule has 0 fully saturated rings. The Morgan fingerprint density at radius 3 is 2.64 bits per heavy atom. The number of rotatable bonds is 5. The Hall–Kier alpha value is -0.860. The third-order valence-electron chi connectivity index (χ3n) is 1.50. The summed E-state index contributed by atoms with van der Waals surface area (Å²) >= 11 is 0. The van der Waals surface area contributed by atoms with Crippen molar-refractivity contribution >= 4 is 5.78 Å². The second kappa shape index (κ2) is 4.88. The first-order chi connectivity index (χ1) is 5.11. The van der Waals surface area contributed by atoms with Crippen LogP contribution in [0.15, 0.2) is 12.3 Å². The number of carbonyl (C=O) groups excluding carboxylic acids is 1. The highest BCUT2D eigenvalue weighted by atomic mass is 19.1. The van der Waals surface area contributed by atoms with Gasteiger partial charge in [0.1, 0.15) is 6.67 Å². The molecule has 0 aliphatic carbocycles. The molecule has 0 spiro atoms. The highest BCUT2D eigenvalue weighted by molar-refractivity contribution is 5.81. The Bertz CT molecular complexity index is 154. The minimum Gasteiger partial charge on any atom is -0.502 e. The normalized spacial score (nSPS) is 12.3. The Kier molecular flexibility index (Phi) is 4.50. The molecule has 2 nitrogen and oxygen atoms in total. The van der Waals surface area contributed by atoms with Gasteiger partial charge in [-0.2, -0.15) is 0 Å². The van der Waals surface area contributed by atoms with Crippen LogP contribution in [0.25, 0.3) is 0 Å². The number of ether oxygens (including phenoxy) is 1. The van der Waals surface area contributed by atoms with Crippen molar-refractivity contribution < 1.29 is 13.9 Å². The number of allylic oxidation sites excluding steroid dienone is 1. The van der Waals surface area contributed by atoms with Crippen molar-refractivity contribution in [3.05, 3.63) is 12.3 Å². The summed E-state index contributed by atoms with van der Waals surface area (Å²) in [7, 11) is 1.48. The lowest BCUT2D eigenvalue weighted by atomic mass is 10.0. The first-order valence-corrected chi connectivity index (χ1v) is 3.42. The molecule has 0 amide bonds. The zero-order chi connectivity index (χ0) is 8.85. The molecule has 0 aromatic carbocycles. The fraction of sp³-hybridized carbons (Fsp3) is 0.625. The first kappa shape index (κ1) is 10.1. The molecule has 11 heavy (non-hydrogen) atoms. The summed E-state index contributed by atoms with van der Waals surface area (Å²) in [5.74, 6) is -0.213. The van der Waals surface area contributed by atoms with Gasteiger partial charge in [-0.3, -0.25) is 4.79 Å². The molecule has 0 bridgehead atoms. The summed E-state index contributed by atoms with van der Waals surface area (Å²) in [5.41, 5.74) is 0. The summed E-state index contributed by atoms with van der Waals surface area (Å²) in [4.78, 5) is 10.7. The monoisotopic (exact) mass is 160 g/mol. The number of ketones is 1. The molecular formula is C8H13FO2. The van der Waals surface area contributed by atoms with E-state index in [1.807, 2.05) is 0 Å². The molecule has 0 rings (SSSR count). The van der Waals surface area contributed by atoms with Crippen molar-refractivity contribution in [2.75, 3.05) is 13.8 Å². The summed E-state index contributed by atoms with van der Waals surface area (Å²) < 4.78 is 16.5. The zero-order valence-electron chi connectivity index (χ0n) is 6.89. The van der Waals surface area contributed by atoms with Gasteiger partial charge in [0.15, 0.2) is 5.78 Å². The number of methoxy groups -OCH3 is 1. The molecule has 0 aromatic rings. The van der Waals surface area contributed by atoms with Crippen LogP contribution in [0.5, 0.6) is 0 Å². The van der Waals surface area contributed by atoms with E-state index in [0.29, 0.717) is 12.2 Å². The zero-order valence-corrected chi connectivity index (χ0v) is 6.89. The molecule has 0 aliphatic rings. The number of halogens is 1. The molecule has 0 saturated heterocycles. The predicted molar refractivity (Wildman–Crippen MR) is 40.9 cm³/mol. The van der Waals surface area contributed by atoms with Gasteiger partial charge in [0, 0.05) is 12.3 Å². The van der Waals surface area contributed by atoms with Gasteiger partial charge in [0.25, 0.3) is 0 Å². The van der Waals surface area contributed by atoms with Gasteiger partial charge in [0.05, 0.1) is 12.9 Å². The van der Waals surface area contributed by atoms with E-state index >= 15 is 0 Å². The standard InChI is InChI=1S/C8H13FO2/c1-6(8(10)5-9)4-7(2)11-3/h6H,2,4-5H2,1,3H3. The van der Waals surface area contributed by atoms with Gasteiger partial charge >= 0.3 is 0 Å². The average molecular weight is 160 g/mol. The Labute approximate surface area is 66.0 Å². The van der Waals surface area contributed by atoms with Crippen LogP contribution in [-0.2, 0) is 9.53 Å². The van der Waals surface area contributed by atoms with E-state index in [1.54, 1.807) is 6.92 Å². The van der Waals surface area contributed by atoms with E-state index < -0.39 is 12.5 Å². The summed E-state index contributed by atoms with van der Waals surface area (Å²) in [6.07, 6.45) is 0.402. The van der Waals surface area contributed by atoms with Crippen LogP contribution in [0.3, 0.4) is 0 Å². The summed E-state index contributed by atoms with van der Waals surface area (Å²) in [5, 5.41) is 0. The van der Waals surface area contributed by atoms with E-state index in [4.69, 9.17) is 4.74 Å². The van der Waals surface area contributed by atoms with Crippen molar-refractivity contribution in [2.24, 2.45) is 5.92 Å². The molecule has 1 unspecified atom stereocenters. The highest BCUT2D eigenvalue weighted by Crippen LogP contribution is 2.10. The van der Waals surface area contributed by atoms with Crippen LogP contribution in [0.4, 0.5) is 4.39 Å². The van der Waals surface area contributed by atoms with Crippen LogP contribution in [0, 0.1) is 5.92 Å².